The van der Waals surface area contributed by atoms with Crippen LogP contribution in [-0.4, -0.2) is 54.2 Å². The summed E-state index contributed by atoms with van der Waals surface area (Å²) in [5.74, 6) is -57.0. The maximum absolute atomic E-state index is 13.6. The zero-order valence-corrected chi connectivity index (χ0v) is 16.4. The number of hydrogen-bond donors (Lipinski definition) is 0. The van der Waals surface area contributed by atoms with Crippen LogP contribution in [-0.2, 0) is 4.74 Å². The van der Waals surface area contributed by atoms with Crippen LogP contribution in [0.25, 0.3) is 0 Å². The van der Waals surface area contributed by atoms with E-state index in [1.54, 1.807) is 0 Å². The molecular formula is C16H13F17O. The molecule has 0 N–H and O–H groups in total. The summed E-state index contributed by atoms with van der Waals surface area (Å²) in [6, 6.07) is 0. The van der Waals surface area contributed by atoms with Gasteiger partial charge in [0.1, 0.15) is 5.76 Å². The molecule has 0 rings (SSSR count). The average molecular weight is 544 g/mol. The predicted octanol–water partition coefficient (Wildman–Crippen LogP) is 7.88. The Kier molecular flexibility index (Phi) is 8.44. The molecule has 0 aromatic carbocycles. The molecule has 18 heteroatoms. The molecule has 0 aliphatic heterocycles. The van der Waals surface area contributed by atoms with Crippen LogP contribution in [0.15, 0.2) is 24.5 Å². The van der Waals surface area contributed by atoms with Gasteiger partial charge >= 0.3 is 47.6 Å². The predicted molar refractivity (Wildman–Crippen MR) is 79.8 cm³/mol. The van der Waals surface area contributed by atoms with E-state index in [1.807, 2.05) is 0 Å². The van der Waals surface area contributed by atoms with E-state index < -0.39 is 66.4 Å². The van der Waals surface area contributed by atoms with Crippen LogP contribution in [0.5, 0.6) is 0 Å². The van der Waals surface area contributed by atoms with Gasteiger partial charge in [-0.3, -0.25) is 0 Å². The van der Waals surface area contributed by atoms with E-state index in [0.717, 1.165) is 0 Å². The van der Waals surface area contributed by atoms with Crippen molar-refractivity contribution in [3.8, 4) is 0 Å². The number of ether oxygens (including phenoxy) is 1. The summed E-state index contributed by atoms with van der Waals surface area (Å²) in [6.07, 6.45) is -10.4. The molecule has 0 aromatic rings. The van der Waals surface area contributed by atoms with Gasteiger partial charge in [0, 0.05) is 0 Å². The molecule has 0 aliphatic carbocycles. The molecule has 0 atom stereocenters. The number of halogens is 17. The fourth-order valence-corrected chi connectivity index (χ4v) is 1.96. The quantitative estimate of drug-likeness (QED) is 0.138. The molecule has 0 saturated heterocycles. The van der Waals surface area contributed by atoms with Gasteiger partial charge in [0.2, 0.25) is 0 Å². The van der Waals surface area contributed by atoms with Crippen molar-refractivity contribution in [3.05, 3.63) is 24.5 Å². The van der Waals surface area contributed by atoms with E-state index in [9.17, 15) is 74.6 Å². The summed E-state index contributed by atoms with van der Waals surface area (Å²) >= 11 is 0. The van der Waals surface area contributed by atoms with Crippen molar-refractivity contribution in [2.45, 2.75) is 67.4 Å². The van der Waals surface area contributed by atoms with Gasteiger partial charge in [-0.15, -0.1) is 0 Å². The Bertz CT molecular complexity index is 762. The fourth-order valence-electron chi connectivity index (χ4n) is 1.96. The van der Waals surface area contributed by atoms with Gasteiger partial charge in [-0.1, -0.05) is 20.1 Å². The molecule has 0 saturated carbocycles. The smallest absolute Gasteiger partial charge is 0.460 e. The van der Waals surface area contributed by atoms with E-state index in [-0.39, 0.29) is 12.0 Å². The molecule has 0 unspecified atom stereocenters. The first-order chi connectivity index (χ1) is 14.6. The van der Waals surface area contributed by atoms with Crippen molar-refractivity contribution in [1.82, 2.24) is 0 Å². The molecule has 0 aliphatic rings. The monoisotopic (exact) mass is 544 g/mol. The topological polar surface area (TPSA) is 9.23 Å². The molecule has 34 heavy (non-hydrogen) atoms. The second-order valence-electron chi connectivity index (χ2n) is 6.63. The lowest BCUT2D eigenvalue weighted by Gasteiger charge is -2.42. The lowest BCUT2D eigenvalue weighted by Crippen LogP contribution is -2.74. The highest BCUT2D eigenvalue weighted by atomic mass is 19.4. The zero-order chi connectivity index (χ0) is 28.0. The molecule has 0 radical (unpaired) electrons. The molecule has 0 amide bonds. The summed E-state index contributed by atoms with van der Waals surface area (Å²) in [5.41, 5.74) is -0.0561. The highest BCUT2D eigenvalue weighted by Gasteiger charge is 2.95. The Labute approximate surface area is 179 Å². The maximum atomic E-state index is 13.6. The molecule has 0 heterocycles. The van der Waals surface area contributed by atoms with Gasteiger partial charge in [0.15, 0.2) is 0 Å². The first-order valence-corrected chi connectivity index (χ1v) is 8.33. The zero-order valence-electron chi connectivity index (χ0n) is 16.4. The minimum atomic E-state index is -8.63. The first-order valence-electron chi connectivity index (χ1n) is 8.33. The number of rotatable bonds is 12. The van der Waals surface area contributed by atoms with E-state index >= 15 is 0 Å². The van der Waals surface area contributed by atoms with Gasteiger partial charge in [-0.25, -0.2) is 0 Å². The third kappa shape index (κ3) is 4.64. The fraction of sp³-hybridized carbons (Fsp3) is 0.750. The third-order valence-corrected chi connectivity index (χ3v) is 4.30. The summed E-state index contributed by atoms with van der Waals surface area (Å²) < 4.78 is 227. The van der Waals surface area contributed by atoms with Crippen molar-refractivity contribution in [2.24, 2.45) is 0 Å². The van der Waals surface area contributed by atoms with Crippen LogP contribution >= 0.6 is 0 Å². The van der Waals surface area contributed by atoms with Crippen LogP contribution < -0.4 is 0 Å². The van der Waals surface area contributed by atoms with E-state index in [4.69, 9.17) is 0 Å². The second kappa shape index (κ2) is 8.95. The molecule has 0 bridgehead atoms. The van der Waals surface area contributed by atoms with Gasteiger partial charge in [0.25, 0.3) is 0 Å². The normalized spacial score (nSPS) is 15.4. The van der Waals surface area contributed by atoms with Crippen molar-refractivity contribution in [2.75, 3.05) is 6.61 Å². The van der Waals surface area contributed by atoms with Gasteiger partial charge < -0.3 is 4.74 Å². The summed E-state index contributed by atoms with van der Waals surface area (Å²) in [4.78, 5) is 0. The first kappa shape index (κ1) is 32.1. The number of alkyl halides is 17. The number of allylic oxidation sites excluding steroid dienone is 1. The minimum Gasteiger partial charge on any atom is -0.494 e. The van der Waals surface area contributed by atoms with E-state index in [1.165, 1.54) is 6.92 Å². The highest BCUT2D eigenvalue weighted by molar-refractivity contribution is 5.18. The molecule has 1 nitrogen and oxygen atoms in total. The molecule has 0 aromatic heterocycles. The van der Waals surface area contributed by atoms with Crippen molar-refractivity contribution in [3.63, 3.8) is 0 Å². The Morgan fingerprint density at radius 2 is 0.882 bits per heavy atom. The van der Waals surface area contributed by atoms with Crippen LogP contribution in [0.1, 0.15) is 19.8 Å². The van der Waals surface area contributed by atoms with Gasteiger partial charge in [-0.2, -0.15) is 74.6 Å². The largest absolute Gasteiger partial charge is 0.494 e. The molecule has 0 spiro atoms. The van der Waals surface area contributed by atoms with Crippen molar-refractivity contribution >= 4 is 0 Å². The summed E-state index contributed by atoms with van der Waals surface area (Å²) in [6.45, 7) is 5.90. The summed E-state index contributed by atoms with van der Waals surface area (Å²) in [7, 11) is 0. The van der Waals surface area contributed by atoms with Crippen LogP contribution in [0, 0.1) is 0 Å². The highest BCUT2D eigenvalue weighted by Crippen LogP contribution is 2.64. The SMILES string of the molecule is C=C(CC)C(=C)OCCC(F)(F)C(F)(F)C(F)(F)C(F)(F)C(F)(F)C(F)(F)C(F)(F)C(F)(F)F. The Hall–Kier alpha value is -1.91. The Morgan fingerprint density at radius 3 is 1.21 bits per heavy atom. The lowest BCUT2D eigenvalue weighted by atomic mass is 9.88. The van der Waals surface area contributed by atoms with Crippen LogP contribution in [0.4, 0.5) is 74.6 Å². The lowest BCUT2D eigenvalue weighted by molar-refractivity contribution is -0.461. The minimum absolute atomic E-state index is 0.0293. The maximum Gasteiger partial charge on any atom is 0.460 e. The van der Waals surface area contributed by atoms with Crippen LogP contribution in [0.2, 0.25) is 0 Å². The number of hydrogen-bond acceptors (Lipinski definition) is 1. The third-order valence-electron chi connectivity index (χ3n) is 4.30. The summed E-state index contributed by atoms with van der Waals surface area (Å²) in [5, 5.41) is 0. The van der Waals surface area contributed by atoms with Crippen molar-refractivity contribution in [1.29, 1.82) is 0 Å². The van der Waals surface area contributed by atoms with Gasteiger partial charge in [-0.05, 0) is 12.0 Å². The van der Waals surface area contributed by atoms with Gasteiger partial charge in [0.05, 0.1) is 13.0 Å². The molecular weight excluding hydrogens is 531 g/mol. The van der Waals surface area contributed by atoms with E-state index in [0.29, 0.717) is 0 Å². The average Bonchev–Trinajstić information content (AvgIpc) is 2.64. The Balaban J connectivity index is 6.30. The van der Waals surface area contributed by atoms with Crippen molar-refractivity contribution < 1.29 is 79.4 Å². The Morgan fingerprint density at radius 1 is 0.559 bits per heavy atom. The standard InChI is InChI=1S/C16H13F17O/c1-4-7(2)8(3)34-6-5-9(17,18)10(19,20)11(21,22)12(23,24)13(25,26)14(27,28)15(29,30)16(31,32)33/h2-6H2,1H3. The van der Waals surface area contributed by atoms with Crippen LogP contribution in [0.3, 0.4) is 0 Å². The second-order valence-corrected chi connectivity index (χ2v) is 6.63. The molecule has 202 valence electrons. The molecule has 0 fully saturated rings. The van der Waals surface area contributed by atoms with E-state index in [2.05, 4.69) is 17.9 Å².